The first kappa shape index (κ1) is 22.5. The van der Waals surface area contributed by atoms with Crippen LogP contribution in [0.3, 0.4) is 0 Å². The average molecular weight is 436 g/mol. The van der Waals surface area contributed by atoms with Crippen molar-refractivity contribution in [1.82, 2.24) is 10.6 Å². The number of nitrogens with one attached hydrogen (secondary N) is 2. The molecule has 0 aromatic heterocycles. The summed E-state index contributed by atoms with van der Waals surface area (Å²) in [4.78, 5) is 25.6. The lowest BCUT2D eigenvalue weighted by Gasteiger charge is -2.19. The van der Waals surface area contributed by atoms with Crippen molar-refractivity contribution in [3.05, 3.63) is 82.9 Å². The molecule has 0 spiro atoms. The van der Waals surface area contributed by atoms with Crippen molar-refractivity contribution in [2.24, 2.45) is 0 Å². The van der Waals surface area contributed by atoms with E-state index in [0.29, 0.717) is 11.1 Å². The molecule has 0 unspecified atom stereocenters. The van der Waals surface area contributed by atoms with E-state index < -0.39 is 23.6 Å². The lowest BCUT2D eigenvalue weighted by molar-refractivity contribution is -0.123. The zero-order valence-electron chi connectivity index (χ0n) is 17.4. The van der Waals surface area contributed by atoms with Crippen LogP contribution in [0.25, 0.3) is 0 Å². The minimum absolute atomic E-state index is 0.0762. The van der Waals surface area contributed by atoms with E-state index in [9.17, 15) is 30.0 Å². The van der Waals surface area contributed by atoms with Crippen molar-refractivity contribution >= 4 is 11.8 Å². The predicted molar refractivity (Wildman–Crippen MR) is 118 cm³/mol. The van der Waals surface area contributed by atoms with Crippen LogP contribution in [0, 0.1) is 6.92 Å². The topological polar surface area (TPSA) is 139 Å². The molecule has 0 aliphatic rings. The molecule has 3 rings (SSSR count). The second-order valence-corrected chi connectivity index (χ2v) is 7.44. The summed E-state index contributed by atoms with van der Waals surface area (Å²) in [6.45, 7) is 1.91. The first-order valence-electron chi connectivity index (χ1n) is 9.90. The number of hydrogen-bond donors (Lipinski definition) is 6. The molecule has 0 aliphatic carbocycles. The minimum atomic E-state index is -0.956. The maximum absolute atomic E-state index is 12.9. The van der Waals surface area contributed by atoms with Gasteiger partial charge in [0.05, 0.1) is 0 Å². The standard InChI is InChI=1S/C24H24N2O6/c1-14-2-3-16(11-21(14)29)13-25-24(32)19(10-15-4-7-18(27)8-5-15)26-23(31)17-6-9-20(28)22(30)12-17/h2-9,11-12,19,27-30H,10,13H2,1H3,(H,25,32)(H,26,31)/t19-/m0/s1. The number of aromatic hydroxyl groups is 4. The van der Waals surface area contributed by atoms with Crippen LogP contribution < -0.4 is 10.6 Å². The van der Waals surface area contributed by atoms with Gasteiger partial charge in [0, 0.05) is 18.5 Å². The fraction of sp³-hybridized carbons (Fsp3) is 0.167. The smallest absolute Gasteiger partial charge is 0.252 e. The third-order valence-electron chi connectivity index (χ3n) is 4.98. The van der Waals surface area contributed by atoms with Crippen molar-refractivity contribution in [3.8, 4) is 23.0 Å². The SMILES string of the molecule is Cc1ccc(CNC(=O)[C@H](Cc2ccc(O)cc2)NC(=O)c2ccc(O)c(O)c2)cc1O. The molecule has 1 atom stereocenters. The normalized spacial score (nSPS) is 11.5. The number of carbonyl (C=O) groups is 2. The summed E-state index contributed by atoms with van der Waals surface area (Å²) in [6, 6.07) is 14.0. The molecular formula is C24H24N2O6. The van der Waals surface area contributed by atoms with Crippen LogP contribution in [0.2, 0.25) is 0 Å². The molecule has 0 aliphatic heterocycles. The molecule has 8 nitrogen and oxygen atoms in total. The van der Waals surface area contributed by atoms with Gasteiger partial charge >= 0.3 is 0 Å². The van der Waals surface area contributed by atoms with Crippen LogP contribution in [0.5, 0.6) is 23.0 Å². The molecule has 0 fully saturated rings. The third-order valence-corrected chi connectivity index (χ3v) is 4.98. The highest BCUT2D eigenvalue weighted by Gasteiger charge is 2.22. The number of hydrogen-bond acceptors (Lipinski definition) is 6. The number of rotatable bonds is 7. The second-order valence-electron chi connectivity index (χ2n) is 7.44. The quantitative estimate of drug-likeness (QED) is 0.315. The van der Waals surface area contributed by atoms with Crippen molar-refractivity contribution in [3.63, 3.8) is 0 Å². The molecule has 0 heterocycles. The van der Waals surface area contributed by atoms with Gasteiger partial charge in [-0.25, -0.2) is 0 Å². The van der Waals surface area contributed by atoms with Crippen molar-refractivity contribution < 1.29 is 30.0 Å². The number of benzene rings is 3. The first-order valence-corrected chi connectivity index (χ1v) is 9.90. The van der Waals surface area contributed by atoms with Gasteiger partial charge in [-0.15, -0.1) is 0 Å². The lowest BCUT2D eigenvalue weighted by Crippen LogP contribution is -2.47. The van der Waals surface area contributed by atoms with E-state index >= 15 is 0 Å². The highest BCUT2D eigenvalue weighted by atomic mass is 16.3. The van der Waals surface area contributed by atoms with Gasteiger partial charge in [0.15, 0.2) is 11.5 Å². The Kier molecular flexibility index (Phi) is 6.84. The molecular weight excluding hydrogens is 412 g/mol. The third kappa shape index (κ3) is 5.69. The molecule has 3 aromatic carbocycles. The molecule has 0 bridgehead atoms. The van der Waals surface area contributed by atoms with Crippen LogP contribution in [0.1, 0.15) is 27.0 Å². The Morgan fingerprint density at radius 2 is 1.50 bits per heavy atom. The van der Waals surface area contributed by atoms with Crippen molar-refractivity contribution in [2.75, 3.05) is 0 Å². The van der Waals surface area contributed by atoms with Gasteiger partial charge in [0.1, 0.15) is 17.5 Å². The van der Waals surface area contributed by atoms with Gasteiger partial charge in [-0.1, -0.05) is 24.3 Å². The Morgan fingerprint density at radius 1 is 0.812 bits per heavy atom. The highest BCUT2D eigenvalue weighted by Crippen LogP contribution is 2.25. The van der Waals surface area contributed by atoms with Crippen LogP contribution in [-0.4, -0.2) is 38.3 Å². The van der Waals surface area contributed by atoms with Crippen molar-refractivity contribution in [2.45, 2.75) is 25.9 Å². The van der Waals surface area contributed by atoms with Crippen LogP contribution >= 0.6 is 0 Å². The summed E-state index contributed by atoms with van der Waals surface area (Å²) < 4.78 is 0. The monoisotopic (exact) mass is 436 g/mol. The van der Waals surface area contributed by atoms with E-state index in [1.54, 1.807) is 37.3 Å². The van der Waals surface area contributed by atoms with E-state index in [4.69, 9.17) is 0 Å². The Bertz CT molecular complexity index is 1130. The van der Waals surface area contributed by atoms with E-state index in [-0.39, 0.29) is 35.8 Å². The Hall–Kier alpha value is -4.20. The molecule has 6 N–H and O–H groups in total. The number of amides is 2. The number of aryl methyl sites for hydroxylation is 1. The summed E-state index contributed by atoms with van der Waals surface area (Å²) in [5, 5.41) is 43.8. The molecule has 2 amide bonds. The van der Waals surface area contributed by atoms with E-state index in [2.05, 4.69) is 10.6 Å². The Morgan fingerprint density at radius 3 is 2.16 bits per heavy atom. The lowest BCUT2D eigenvalue weighted by atomic mass is 10.0. The summed E-state index contributed by atoms with van der Waals surface area (Å²) >= 11 is 0. The van der Waals surface area contributed by atoms with Gasteiger partial charge in [0.2, 0.25) is 5.91 Å². The minimum Gasteiger partial charge on any atom is -0.508 e. The Balaban J connectivity index is 1.76. The average Bonchev–Trinajstić information content (AvgIpc) is 2.77. The fourth-order valence-electron chi connectivity index (χ4n) is 3.06. The van der Waals surface area contributed by atoms with E-state index in [0.717, 1.165) is 11.6 Å². The van der Waals surface area contributed by atoms with Gasteiger partial charge < -0.3 is 31.1 Å². The first-order chi connectivity index (χ1) is 15.2. The van der Waals surface area contributed by atoms with Gasteiger partial charge in [-0.3, -0.25) is 9.59 Å². The zero-order chi connectivity index (χ0) is 23.3. The largest absolute Gasteiger partial charge is 0.508 e. The number of phenols is 4. The van der Waals surface area contributed by atoms with E-state index in [1.807, 2.05) is 0 Å². The number of carbonyl (C=O) groups excluding carboxylic acids is 2. The highest BCUT2D eigenvalue weighted by molar-refractivity contribution is 5.98. The Labute approximate surface area is 184 Å². The molecule has 0 saturated carbocycles. The zero-order valence-corrected chi connectivity index (χ0v) is 17.4. The number of phenolic OH excluding ortho intramolecular Hbond substituents is 4. The molecule has 3 aromatic rings. The van der Waals surface area contributed by atoms with Crippen LogP contribution in [0.15, 0.2) is 60.7 Å². The molecule has 166 valence electrons. The molecule has 0 saturated heterocycles. The second kappa shape index (κ2) is 9.74. The summed E-state index contributed by atoms with van der Waals surface area (Å²) in [7, 11) is 0. The summed E-state index contributed by atoms with van der Waals surface area (Å²) in [6.07, 6.45) is 0.154. The fourth-order valence-corrected chi connectivity index (χ4v) is 3.06. The summed E-state index contributed by atoms with van der Waals surface area (Å²) in [5.74, 6) is -1.66. The summed E-state index contributed by atoms with van der Waals surface area (Å²) in [5.41, 5.74) is 2.20. The van der Waals surface area contributed by atoms with Gasteiger partial charge in [-0.05, 0) is 60.0 Å². The molecule has 32 heavy (non-hydrogen) atoms. The molecule has 8 heteroatoms. The maximum atomic E-state index is 12.9. The van der Waals surface area contributed by atoms with Gasteiger partial charge in [-0.2, -0.15) is 0 Å². The molecule has 0 radical (unpaired) electrons. The van der Waals surface area contributed by atoms with E-state index in [1.165, 1.54) is 24.3 Å². The predicted octanol–water partition coefficient (Wildman–Crippen LogP) is 2.47. The van der Waals surface area contributed by atoms with Gasteiger partial charge in [0.25, 0.3) is 5.91 Å². The maximum Gasteiger partial charge on any atom is 0.252 e. The van der Waals surface area contributed by atoms with Crippen LogP contribution in [0.4, 0.5) is 0 Å². The van der Waals surface area contributed by atoms with Crippen LogP contribution in [-0.2, 0) is 17.8 Å². The van der Waals surface area contributed by atoms with Crippen molar-refractivity contribution in [1.29, 1.82) is 0 Å².